The summed E-state index contributed by atoms with van der Waals surface area (Å²) in [7, 11) is 0. The molecule has 5 nitrogen and oxygen atoms in total. The second-order valence-electron chi connectivity index (χ2n) is 7.36. The molecule has 0 spiro atoms. The summed E-state index contributed by atoms with van der Waals surface area (Å²) < 4.78 is 5.44. The van der Waals surface area contributed by atoms with Gasteiger partial charge in [-0.25, -0.2) is 4.79 Å². The number of amides is 2. The smallest absolute Gasteiger partial charge is 0.315 e. The van der Waals surface area contributed by atoms with Gasteiger partial charge in [0.1, 0.15) is 0 Å². The highest BCUT2D eigenvalue weighted by atomic mass is 16.5. The second-order valence-corrected chi connectivity index (χ2v) is 7.36. The molecule has 1 unspecified atom stereocenters. The molecule has 134 valence electrons. The van der Waals surface area contributed by atoms with Crippen LogP contribution in [-0.2, 0) is 4.74 Å². The Labute approximate surface area is 141 Å². The van der Waals surface area contributed by atoms with E-state index in [4.69, 9.17) is 4.74 Å². The molecule has 1 aliphatic carbocycles. The van der Waals surface area contributed by atoms with Crippen molar-refractivity contribution in [1.29, 1.82) is 0 Å². The first-order chi connectivity index (χ1) is 11.2. The number of rotatable bonds is 5. The van der Waals surface area contributed by atoms with Crippen LogP contribution in [0.15, 0.2) is 0 Å². The molecule has 1 saturated heterocycles. The Hall–Kier alpha value is -0.810. The van der Waals surface area contributed by atoms with Crippen molar-refractivity contribution in [3.63, 3.8) is 0 Å². The maximum absolute atomic E-state index is 12.3. The van der Waals surface area contributed by atoms with Crippen molar-refractivity contribution in [3.05, 3.63) is 0 Å². The summed E-state index contributed by atoms with van der Waals surface area (Å²) in [6.07, 6.45) is 8.72. The summed E-state index contributed by atoms with van der Waals surface area (Å²) in [5.74, 6) is 0.523. The zero-order chi connectivity index (χ0) is 16.5. The van der Waals surface area contributed by atoms with Crippen LogP contribution in [0.1, 0.15) is 58.8 Å². The minimum Gasteiger partial charge on any atom is -0.379 e. The molecule has 2 rings (SSSR count). The van der Waals surface area contributed by atoms with E-state index in [1.54, 1.807) is 0 Å². The summed E-state index contributed by atoms with van der Waals surface area (Å²) in [5, 5.41) is 6.30. The van der Waals surface area contributed by atoms with E-state index in [1.807, 2.05) is 0 Å². The van der Waals surface area contributed by atoms with E-state index in [9.17, 15) is 4.79 Å². The molecule has 23 heavy (non-hydrogen) atoms. The molecule has 2 amide bonds. The third kappa shape index (κ3) is 6.68. The van der Waals surface area contributed by atoms with Gasteiger partial charge in [0.25, 0.3) is 0 Å². The molecule has 1 saturated carbocycles. The molecular weight excluding hydrogens is 290 g/mol. The molecule has 2 N–H and O–H groups in total. The molecule has 0 aromatic carbocycles. The average molecular weight is 325 g/mol. The number of carbonyl (C=O) groups excluding carboxylic acids is 1. The molecule has 0 radical (unpaired) electrons. The maximum Gasteiger partial charge on any atom is 0.315 e. The van der Waals surface area contributed by atoms with Crippen LogP contribution in [0.2, 0.25) is 0 Å². The van der Waals surface area contributed by atoms with E-state index in [0.717, 1.165) is 45.7 Å². The first kappa shape index (κ1) is 18.5. The monoisotopic (exact) mass is 325 g/mol. The number of urea groups is 1. The van der Waals surface area contributed by atoms with Gasteiger partial charge >= 0.3 is 6.03 Å². The van der Waals surface area contributed by atoms with Crippen LogP contribution in [0.3, 0.4) is 0 Å². The lowest BCUT2D eigenvalue weighted by molar-refractivity contribution is 0.00717. The molecule has 5 heteroatoms. The van der Waals surface area contributed by atoms with Crippen LogP contribution in [0.4, 0.5) is 4.79 Å². The highest BCUT2D eigenvalue weighted by Gasteiger charge is 2.24. The molecule has 0 bridgehead atoms. The van der Waals surface area contributed by atoms with E-state index in [0.29, 0.717) is 18.0 Å². The standard InChI is InChI=1S/C18H35N3O2/c1-15(2)17(21-10-12-23-13-11-21)14-19-18(22)20-16-8-6-4-3-5-7-9-16/h15-17H,3-14H2,1-2H3,(H2,19,20,22). The fourth-order valence-corrected chi connectivity index (χ4v) is 3.73. The predicted octanol–water partition coefficient (Wildman–Crippen LogP) is 2.76. The quantitative estimate of drug-likeness (QED) is 0.817. The highest BCUT2D eigenvalue weighted by Crippen LogP contribution is 2.17. The fourth-order valence-electron chi connectivity index (χ4n) is 3.73. The number of hydrogen-bond acceptors (Lipinski definition) is 3. The van der Waals surface area contributed by atoms with E-state index >= 15 is 0 Å². The zero-order valence-electron chi connectivity index (χ0n) is 15.0. The van der Waals surface area contributed by atoms with E-state index in [1.165, 1.54) is 32.1 Å². The first-order valence-electron chi connectivity index (χ1n) is 9.53. The number of carbonyl (C=O) groups is 1. The van der Waals surface area contributed by atoms with Crippen LogP contribution in [0, 0.1) is 5.92 Å². The fraction of sp³-hybridized carbons (Fsp3) is 0.944. The van der Waals surface area contributed by atoms with Gasteiger partial charge in [0.2, 0.25) is 0 Å². The third-order valence-corrected chi connectivity index (χ3v) is 5.20. The molecule has 0 aromatic rings. The average Bonchev–Trinajstić information content (AvgIpc) is 2.51. The van der Waals surface area contributed by atoms with Crippen LogP contribution in [0.5, 0.6) is 0 Å². The van der Waals surface area contributed by atoms with Crippen molar-refractivity contribution in [2.75, 3.05) is 32.8 Å². The Kier molecular flexibility index (Phi) is 8.17. The van der Waals surface area contributed by atoms with Crippen LogP contribution in [0.25, 0.3) is 0 Å². The van der Waals surface area contributed by atoms with Crippen LogP contribution in [-0.4, -0.2) is 55.9 Å². The van der Waals surface area contributed by atoms with Gasteiger partial charge < -0.3 is 15.4 Å². The van der Waals surface area contributed by atoms with Crippen LogP contribution < -0.4 is 10.6 Å². The number of nitrogens with one attached hydrogen (secondary N) is 2. The summed E-state index contributed by atoms with van der Waals surface area (Å²) in [4.78, 5) is 14.7. The number of morpholine rings is 1. The Balaban J connectivity index is 1.74. The summed E-state index contributed by atoms with van der Waals surface area (Å²) in [6.45, 7) is 8.72. The van der Waals surface area contributed by atoms with Gasteiger partial charge in [-0.1, -0.05) is 46.0 Å². The molecule has 2 fully saturated rings. The Morgan fingerprint density at radius 2 is 1.70 bits per heavy atom. The zero-order valence-corrected chi connectivity index (χ0v) is 15.0. The van der Waals surface area contributed by atoms with Crippen molar-refractivity contribution < 1.29 is 9.53 Å². The van der Waals surface area contributed by atoms with Gasteiger partial charge in [-0.05, 0) is 18.8 Å². The number of nitrogens with zero attached hydrogens (tertiary/aromatic N) is 1. The molecule has 1 heterocycles. The minimum absolute atomic E-state index is 0.00878. The minimum atomic E-state index is 0.00878. The largest absolute Gasteiger partial charge is 0.379 e. The summed E-state index contributed by atoms with van der Waals surface area (Å²) >= 11 is 0. The van der Waals surface area contributed by atoms with Crippen LogP contribution >= 0.6 is 0 Å². The number of ether oxygens (including phenoxy) is 1. The lowest BCUT2D eigenvalue weighted by Gasteiger charge is -2.37. The topological polar surface area (TPSA) is 53.6 Å². The first-order valence-corrected chi connectivity index (χ1v) is 9.53. The third-order valence-electron chi connectivity index (χ3n) is 5.20. The van der Waals surface area contributed by atoms with Gasteiger partial charge in [0.05, 0.1) is 13.2 Å². The Morgan fingerprint density at radius 3 is 2.30 bits per heavy atom. The molecule has 2 aliphatic rings. The second kappa shape index (κ2) is 10.1. The van der Waals surface area contributed by atoms with Gasteiger partial charge in [-0.3, -0.25) is 4.90 Å². The normalized spacial score (nSPS) is 23.1. The van der Waals surface area contributed by atoms with Crippen molar-refractivity contribution >= 4 is 6.03 Å². The van der Waals surface area contributed by atoms with Gasteiger partial charge in [0.15, 0.2) is 0 Å². The predicted molar refractivity (Wildman–Crippen MR) is 93.7 cm³/mol. The molecule has 0 aromatic heterocycles. The van der Waals surface area contributed by atoms with Crippen molar-refractivity contribution in [2.24, 2.45) is 5.92 Å². The van der Waals surface area contributed by atoms with E-state index < -0.39 is 0 Å². The lowest BCUT2D eigenvalue weighted by atomic mass is 9.97. The number of hydrogen-bond donors (Lipinski definition) is 2. The van der Waals surface area contributed by atoms with E-state index in [-0.39, 0.29) is 6.03 Å². The van der Waals surface area contributed by atoms with Crippen molar-refractivity contribution in [1.82, 2.24) is 15.5 Å². The highest BCUT2D eigenvalue weighted by molar-refractivity contribution is 5.74. The van der Waals surface area contributed by atoms with Gasteiger partial charge in [0, 0.05) is 31.7 Å². The summed E-state index contributed by atoms with van der Waals surface area (Å²) in [5.41, 5.74) is 0. The maximum atomic E-state index is 12.3. The van der Waals surface area contributed by atoms with Gasteiger partial charge in [-0.15, -0.1) is 0 Å². The molecule has 1 atom stereocenters. The Morgan fingerprint density at radius 1 is 1.09 bits per heavy atom. The lowest BCUT2D eigenvalue weighted by Crippen LogP contribution is -2.53. The van der Waals surface area contributed by atoms with Gasteiger partial charge in [-0.2, -0.15) is 0 Å². The molecule has 1 aliphatic heterocycles. The van der Waals surface area contributed by atoms with E-state index in [2.05, 4.69) is 29.4 Å². The Bertz CT molecular complexity index is 335. The summed E-state index contributed by atoms with van der Waals surface area (Å²) in [6, 6.07) is 0.757. The van der Waals surface area contributed by atoms with Crippen molar-refractivity contribution in [3.8, 4) is 0 Å². The van der Waals surface area contributed by atoms with Crippen molar-refractivity contribution in [2.45, 2.75) is 70.9 Å². The SMILES string of the molecule is CC(C)C(CNC(=O)NC1CCCCCCC1)N1CCOCC1. The molecular formula is C18H35N3O2.